The van der Waals surface area contributed by atoms with Gasteiger partial charge >= 0.3 is 0 Å². The zero-order chi connectivity index (χ0) is 98.1. The number of aromatic amines is 2. The summed E-state index contributed by atoms with van der Waals surface area (Å²) in [6.07, 6.45) is 12.9. The number of anilines is 2. The number of carbonyl (C=O) groups is 2. The summed E-state index contributed by atoms with van der Waals surface area (Å²) in [7, 11) is 0. The summed E-state index contributed by atoms with van der Waals surface area (Å²) in [5.41, 5.74) is -44.7. The number of H-pyrrole nitrogens is 2. The highest BCUT2D eigenvalue weighted by Crippen LogP contribution is 2.50. The molecule has 8 nitrogen and oxygen atoms in total. The average molecular weight is 1910 g/mol. The van der Waals surface area contributed by atoms with Crippen molar-refractivity contribution in [3.63, 3.8) is 0 Å². The van der Waals surface area contributed by atoms with Gasteiger partial charge in [0.25, 0.3) is 11.8 Å². The van der Waals surface area contributed by atoms with Gasteiger partial charge < -0.3 is 20.6 Å². The second-order valence-electron chi connectivity index (χ2n) is 30.5. The van der Waals surface area contributed by atoms with Gasteiger partial charge in [-0.1, -0.05) is 84.1 Å². The highest BCUT2D eigenvalue weighted by atomic mass is 19.2. The minimum Gasteiger partial charge on any atom is -0.354 e. The van der Waals surface area contributed by atoms with Crippen molar-refractivity contribution in [1.29, 1.82) is 0 Å². The molecule has 0 unspecified atom stereocenters. The second kappa shape index (κ2) is 33.3. The molecule has 0 atom stereocenters. The van der Waals surface area contributed by atoms with E-state index in [1.807, 2.05) is 11.8 Å². The molecular weight excluding hydrogens is 1870 g/mol. The lowest BCUT2D eigenvalue weighted by Gasteiger charge is -2.12. The van der Waals surface area contributed by atoms with E-state index in [2.05, 4.69) is 43.6 Å². The number of amides is 2. The third-order valence-corrected chi connectivity index (χ3v) is 23.0. The predicted octanol–water partition coefficient (Wildman–Crippen LogP) is 27.3. The maximum atomic E-state index is 18.0. The van der Waals surface area contributed by atoms with Crippen LogP contribution in [0.1, 0.15) is 76.9 Å². The molecule has 0 fully saturated rings. The zero-order valence-electron chi connectivity index (χ0n) is 67.5. The number of nitrogens with zero attached hydrogens (tertiary/aromatic N) is 2. The van der Waals surface area contributed by atoms with Crippen LogP contribution in [-0.2, 0) is 0 Å². The van der Waals surface area contributed by atoms with E-state index in [9.17, 15) is 0 Å². The molecule has 36 heteroatoms. The van der Waals surface area contributed by atoms with Crippen molar-refractivity contribution in [2.75, 3.05) is 10.6 Å². The van der Waals surface area contributed by atoms with E-state index < -0.39 is 320 Å². The van der Waals surface area contributed by atoms with E-state index in [1.165, 1.54) is 36.4 Å². The largest absolute Gasteiger partial charge is 0.354 e. The molecule has 2 amide bonds. The first-order valence-corrected chi connectivity index (χ1v) is 39.3. The molecule has 3 aromatic heterocycles. The number of terminal acetylenes is 2. The number of aromatic nitrogens is 4. The standard InChI is InChI=1S/C102H32F28N6O2/c1-3-35-9-5-13-39-29-41-15-7-11-37(47(41)31-45(35)39)17-19-43-73(103)77(107)69(78(108)74(43)104)63-53-23-21-51(131-53)61(67-81(111)89(119)97(127)90(120)82(67)112)49-33-60(136-101(49)137)66(72-87(117)95(125)100(130)96(126)88(72)118)58-28-26-56(134-58)64(70-79(109)75(105)44(76(106)80(70)110)20-18-38-12-8-16-42-30-40-14-6-10-36(4-2)46(40)32-48(38)42)54-24-22-52(132-54)62(68-83(113)91(121)98(128)92(122)84(68)114)50-34-59(135-102(50)138)65(57-27-25-55(63)133-57)71-85(115)93(123)99(129)94(124)86(71)116/h1-2,5-16,21-34,131-132H,(H,135,138)(H,136,137). The Hall–Kier alpha value is -17.5. The van der Waals surface area contributed by atoms with Crippen molar-refractivity contribution >= 4 is 113 Å². The fourth-order valence-electron chi connectivity index (χ4n) is 16.7. The smallest absolute Gasteiger partial charge is 0.256 e. The van der Waals surface area contributed by atoms with Crippen LogP contribution in [0.4, 0.5) is 134 Å². The molecule has 15 aromatic rings. The summed E-state index contributed by atoms with van der Waals surface area (Å²) < 4.78 is 469. The summed E-state index contributed by atoms with van der Waals surface area (Å²) >= 11 is 0. The molecule has 678 valence electrons. The predicted molar refractivity (Wildman–Crippen MR) is 452 cm³/mol. The van der Waals surface area contributed by atoms with Crippen molar-refractivity contribution in [2.45, 2.75) is 0 Å². The van der Waals surface area contributed by atoms with E-state index in [-0.39, 0.29) is 34.0 Å². The number of halogens is 28. The Labute approximate surface area is 751 Å². The number of hydrogen-bond donors (Lipinski definition) is 4. The number of hydrogen-bond acceptors (Lipinski definition) is 4. The van der Waals surface area contributed by atoms with Gasteiger partial charge in [-0.2, -0.15) is 0 Å². The first-order chi connectivity index (χ1) is 65.8. The number of nitrogens with one attached hydrogen (secondary N) is 4. The second-order valence-corrected chi connectivity index (χ2v) is 30.5. The molecule has 4 aliphatic heterocycles. The van der Waals surface area contributed by atoms with Crippen molar-refractivity contribution < 1.29 is 133 Å². The molecule has 12 aromatic carbocycles. The van der Waals surface area contributed by atoms with E-state index in [1.54, 1.807) is 71.3 Å². The molecule has 0 spiro atoms. The first-order valence-electron chi connectivity index (χ1n) is 39.3. The molecule has 12 bridgehead atoms. The van der Waals surface area contributed by atoms with Crippen LogP contribution in [0.2, 0.25) is 0 Å². The summed E-state index contributed by atoms with van der Waals surface area (Å²) in [5.74, 6) is -69.9. The van der Waals surface area contributed by atoms with Gasteiger partial charge in [0.1, 0.15) is 11.1 Å². The highest BCUT2D eigenvalue weighted by molar-refractivity contribution is 6.19. The van der Waals surface area contributed by atoms with E-state index in [0.717, 1.165) is 0 Å². The van der Waals surface area contributed by atoms with Crippen molar-refractivity contribution in [3.8, 4) is 115 Å². The van der Waals surface area contributed by atoms with Gasteiger partial charge in [-0.25, -0.2) is 133 Å². The molecule has 0 saturated heterocycles. The van der Waals surface area contributed by atoms with Gasteiger partial charge in [0.2, 0.25) is 23.3 Å². The van der Waals surface area contributed by atoms with Crippen LogP contribution in [0.25, 0.3) is 156 Å². The lowest BCUT2D eigenvalue weighted by atomic mass is 9.97. The summed E-state index contributed by atoms with van der Waals surface area (Å²) in [6, 6.07) is 25.9. The molecule has 138 heavy (non-hydrogen) atoms. The van der Waals surface area contributed by atoms with Crippen LogP contribution in [0, 0.1) is 211 Å². The average Bonchev–Trinajstić information content (AvgIpc) is 1.59. The minimum absolute atomic E-state index is 0.0508. The number of carbonyl (C=O) groups excluding carboxylic acids is 2. The van der Waals surface area contributed by atoms with Crippen LogP contribution >= 0.6 is 0 Å². The third kappa shape index (κ3) is 13.8. The minimum atomic E-state index is -3.00. The van der Waals surface area contributed by atoms with Crippen LogP contribution < -0.4 is 10.6 Å². The lowest BCUT2D eigenvalue weighted by Crippen LogP contribution is -2.11. The quantitative estimate of drug-likeness (QED) is 0.0436. The molecule has 4 aliphatic rings. The SMILES string of the molecule is C#Cc1cccc2cc3cccc(C#Cc4c(F)c(F)c(-c5c6nc(c(-c7c(F)c(F)c(F)c(F)c7F)c7cc(c(-c8c(F)c(F)c(F)c(F)c8F)c8ccc([nH]8)c(-c8c(F)c(F)c(C#Cc9cccc%10cc%11cccc(C#C)c%11cc9%10)c(F)c8F)c8nc(c(-c9c(F)c(F)c(F)c(F)c9F)c9cc(c(-c%10c(F)c(F)c(F)c(F)c%10F)c%10ccc5[nH]%10)C(=O)N9)C=C8)C(=O)N7)C=C6)c(F)c4F)c3cc12. The van der Waals surface area contributed by atoms with Gasteiger partial charge in [0, 0.05) is 77.7 Å². The van der Waals surface area contributed by atoms with Gasteiger partial charge in [0.05, 0.1) is 78.7 Å². The van der Waals surface area contributed by atoms with Crippen molar-refractivity contribution in [3.05, 3.63) is 364 Å². The third-order valence-electron chi connectivity index (χ3n) is 23.0. The number of rotatable bonds is 6. The van der Waals surface area contributed by atoms with Crippen LogP contribution in [-0.4, -0.2) is 31.8 Å². The molecule has 19 rings (SSSR count). The zero-order valence-corrected chi connectivity index (χ0v) is 67.5. The molecule has 7 heterocycles. The highest BCUT2D eigenvalue weighted by Gasteiger charge is 2.41. The fourth-order valence-corrected chi connectivity index (χ4v) is 16.7. The topological polar surface area (TPSA) is 116 Å². The maximum absolute atomic E-state index is 18.0. The molecular formula is C102H32F28N6O2. The summed E-state index contributed by atoms with van der Waals surface area (Å²) in [5, 5.41) is 6.79. The first kappa shape index (κ1) is 89.7. The monoisotopic (exact) mass is 1900 g/mol. The van der Waals surface area contributed by atoms with Crippen molar-refractivity contribution in [2.24, 2.45) is 0 Å². The van der Waals surface area contributed by atoms with E-state index in [4.69, 9.17) is 12.8 Å². The Morgan fingerprint density at radius 2 is 0.449 bits per heavy atom. The summed E-state index contributed by atoms with van der Waals surface area (Å²) in [4.78, 5) is 42.7. The Bertz CT molecular complexity index is 8300. The van der Waals surface area contributed by atoms with Gasteiger partial charge in [-0.3, -0.25) is 9.59 Å². The normalized spacial score (nSPS) is 12.2. The van der Waals surface area contributed by atoms with Crippen LogP contribution in [0.3, 0.4) is 0 Å². The fraction of sp³-hybridized carbons (Fsp3) is 0. The van der Waals surface area contributed by atoms with Crippen LogP contribution in [0.15, 0.2) is 133 Å². The Morgan fingerprint density at radius 3 is 0.725 bits per heavy atom. The maximum Gasteiger partial charge on any atom is 0.256 e. The molecule has 4 N–H and O–H groups in total. The molecule has 0 radical (unpaired) electrons. The van der Waals surface area contributed by atoms with E-state index in [0.29, 0.717) is 92.0 Å². The van der Waals surface area contributed by atoms with Crippen molar-refractivity contribution in [1.82, 2.24) is 19.9 Å². The number of fused-ring (bicyclic) bond motifs is 16. The van der Waals surface area contributed by atoms with Crippen LogP contribution in [0.5, 0.6) is 0 Å². The molecule has 0 saturated carbocycles. The number of benzene rings is 12. The molecule has 0 aliphatic carbocycles. The summed E-state index contributed by atoms with van der Waals surface area (Å²) in [6.45, 7) is 0. The van der Waals surface area contributed by atoms with Gasteiger partial charge in [-0.15, -0.1) is 12.8 Å². The van der Waals surface area contributed by atoms with Gasteiger partial charge in [-0.05, 0) is 152 Å². The Kier molecular flexibility index (Phi) is 21.6. The van der Waals surface area contributed by atoms with Gasteiger partial charge in [0.15, 0.2) is 140 Å². The lowest BCUT2D eigenvalue weighted by molar-refractivity contribution is 0.102. The Balaban J connectivity index is 0.989. The Morgan fingerprint density at radius 1 is 0.225 bits per heavy atom. The van der Waals surface area contributed by atoms with E-state index >= 15 is 133 Å².